The van der Waals surface area contributed by atoms with E-state index in [0.29, 0.717) is 28.3 Å². The first-order chi connectivity index (χ1) is 17.2. The topological polar surface area (TPSA) is 112 Å². The lowest BCUT2D eigenvalue weighted by Crippen LogP contribution is -2.39. The summed E-state index contributed by atoms with van der Waals surface area (Å²) in [5.41, 5.74) is 7.79. The third kappa shape index (κ3) is 4.62. The summed E-state index contributed by atoms with van der Waals surface area (Å²) in [6.07, 6.45) is 5.84. The molecular formula is C27H33N5O3S. The lowest BCUT2D eigenvalue weighted by Gasteiger charge is -2.36. The molecule has 0 radical (unpaired) electrons. The molecular weight excluding hydrogens is 474 g/mol. The van der Waals surface area contributed by atoms with Crippen LogP contribution in [0.25, 0.3) is 10.8 Å². The molecule has 9 heteroatoms. The van der Waals surface area contributed by atoms with Crippen LogP contribution < -0.4 is 15.8 Å². The summed E-state index contributed by atoms with van der Waals surface area (Å²) in [5, 5.41) is 5.76. The lowest BCUT2D eigenvalue weighted by molar-refractivity contribution is -0.0189. The maximum absolute atomic E-state index is 12.4. The van der Waals surface area contributed by atoms with Gasteiger partial charge in [0.25, 0.3) is 0 Å². The van der Waals surface area contributed by atoms with E-state index in [1.807, 2.05) is 45.5 Å². The molecule has 2 unspecified atom stereocenters. The maximum Gasteiger partial charge on any atom is 0.340 e. The van der Waals surface area contributed by atoms with Crippen molar-refractivity contribution in [2.24, 2.45) is 5.73 Å². The van der Waals surface area contributed by atoms with Gasteiger partial charge in [0.2, 0.25) is 5.88 Å². The van der Waals surface area contributed by atoms with E-state index < -0.39 is 5.60 Å². The molecule has 5 rings (SSSR count). The molecule has 4 heterocycles. The normalized spacial score (nSPS) is 23.4. The number of carbonyl (C=O) groups excluding carboxylic acids is 1. The molecule has 1 fully saturated rings. The molecule has 190 valence electrons. The van der Waals surface area contributed by atoms with Gasteiger partial charge in [-0.25, -0.2) is 19.7 Å². The van der Waals surface area contributed by atoms with Crippen molar-refractivity contribution in [2.45, 2.75) is 76.4 Å². The molecule has 0 saturated heterocycles. The number of carbonyl (C=O) groups is 1. The van der Waals surface area contributed by atoms with Crippen LogP contribution in [0.2, 0.25) is 0 Å². The summed E-state index contributed by atoms with van der Waals surface area (Å²) >= 11 is 1.98. The van der Waals surface area contributed by atoms with Gasteiger partial charge in [0, 0.05) is 29.6 Å². The number of esters is 1. The molecule has 0 bridgehead atoms. The summed E-state index contributed by atoms with van der Waals surface area (Å²) in [6.45, 7) is 9.95. The first-order valence-corrected chi connectivity index (χ1v) is 13.5. The van der Waals surface area contributed by atoms with Gasteiger partial charge < -0.3 is 20.5 Å². The quantitative estimate of drug-likeness (QED) is 0.400. The minimum absolute atomic E-state index is 0.0474. The Hall–Kier alpha value is -2.91. The number of rotatable bonds is 7. The second-order valence-electron chi connectivity index (χ2n) is 10.2. The van der Waals surface area contributed by atoms with Crippen molar-refractivity contribution in [1.82, 2.24) is 15.0 Å². The Balaban J connectivity index is 1.44. The van der Waals surface area contributed by atoms with Crippen LogP contribution >= 0.6 is 11.8 Å². The Morgan fingerprint density at radius 2 is 2.00 bits per heavy atom. The number of pyridine rings is 3. The average molecular weight is 508 g/mol. The fraction of sp³-hybridized carbons (Fsp3) is 0.481. The fourth-order valence-electron chi connectivity index (χ4n) is 4.69. The van der Waals surface area contributed by atoms with Crippen LogP contribution in [0, 0.1) is 0 Å². The molecule has 1 aliphatic carbocycles. The average Bonchev–Trinajstić information content (AvgIpc) is 2.80. The summed E-state index contributed by atoms with van der Waals surface area (Å²) in [7, 11) is 0. The lowest BCUT2D eigenvalue weighted by atomic mass is 9.84. The highest BCUT2D eigenvalue weighted by atomic mass is 32.2. The van der Waals surface area contributed by atoms with E-state index in [9.17, 15) is 4.79 Å². The minimum atomic E-state index is -0.623. The third-order valence-electron chi connectivity index (χ3n) is 7.20. The summed E-state index contributed by atoms with van der Waals surface area (Å²) in [4.78, 5) is 26.4. The number of nitrogens with one attached hydrogen (secondary N) is 1. The van der Waals surface area contributed by atoms with Crippen LogP contribution in [-0.4, -0.2) is 43.6 Å². The van der Waals surface area contributed by atoms with Crippen LogP contribution in [0.15, 0.2) is 30.6 Å². The summed E-state index contributed by atoms with van der Waals surface area (Å²) in [6, 6.07) is 5.29. The number of thioether (sulfide) groups is 1. The van der Waals surface area contributed by atoms with E-state index in [2.05, 4.69) is 22.2 Å². The van der Waals surface area contributed by atoms with E-state index in [1.165, 1.54) is 0 Å². The Bertz CT molecular complexity index is 1310. The van der Waals surface area contributed by atoms with Crippen LogP contribution in [0.1, 0.15) is 81.0 Å². The van der Waals surface area contributed by atoms with Crippen LogP contribution in [0.5, 0.6) is 5.88 Å². The largest absolute Gasteiger partial charge is 0.474 e. The van der Waals surface area contributed by atoms with Crippen molar-refractivity contribution in [3.05, 3.63) is 47.4 Å². The Kier molecular flexibility index (Phi) is 6.55. The third-order valence-corrected chi connectivity index (χ3v) is 8.39. The minimum Gasteiger partial charge on any atom is -0.474 e. The summed E-state index contributed by atoms with van der Waals surface area (Å²) in [5.74, 6) is 2.57. The molecule has 3 aromatic heterocycles. The van der Waals surface area contributed by atoms with Gasteiger partial charge in [-0.3, -0.25) is 0 Å². The van der Waals surface area contributed by atoms with Crippen molar-refractivity contribution in [3.8, 4) is 5.88 Å². The van der Waals surface area contributed by atoms with Gasteiger partial charge in [-0.15, -0.1) is 0 Å². The van der Waals surface area contributed by atoms with Crippen LogP contribution in [0.4, 0.5) is 11.6 Å². The first kappa shape index (κ1) is 24.8. The molecule has 1 aliphatic heterocycles. The second-order valence-corrected chi connectivity index (χ2v) is 11.8. The predicted octanol–water partition coefficient (Wildman–Crippen LogP) is 5.50. The van der Waals surface area contributed by atoms with Gasteiger partial charge in [0.15, 0.2) is 0 Å². The molecule has 3 N–H and O–H groups in total. The predicted molar refractivity (Wildman–Crippen MR) is 143 cm³/mol. The number of hydrogen-bond donors (Lipinski definition) is 2. The zero-order valence-corrected chi connectivity index (χ0v) is 22.2. The first-order valence-electron chi connectivity index (χ1n) is 12.5. The molecule has 2 atom stereocenters. The fourth-order valence-corrected chi connectivity index (χ4v) is 5.86. The van der Waals surface area contributed by atoms with Gasteiger partial charge in [0.05, 0.1) is 16.6 Å². The molecule has 2 aliphatic rings. The van der Waals surface area contributed by atoms with Gasteiger partial charge in [-0.2, -0.15) is 11.8 Å². The molecule has 0 amide bonds. The van der Waals surface area contributed by atoms with Gasteiger partial charge >= 0.3 is 5.97 Å². The number of anilines is 2. The Morgan fingerprint density at radius 1 is 1.22 bits per heavy atom. The number of aromatic nitrogens is 3. The van der Waals surface area contributed by atoms with Crippen molar-refractivity contribution in [3.63, 3.8) is 0 Å². The number of fused-ring (bicyclic) bond motifs is 2. The molecule has 0 aromatic carbocycles. The van der Waals surface area contributed by atoms with E-state index >= 15 is 0 Å². The Labute approximate surface area is 215 Å². The molecule has 1 saturated carbocycles. The number of ether oxygens (including phenoxy) is 2. The number of hydrogen-bond acceptors (Lipinski definition) is 9. The van der Waals surface area contributed by atoms with Crippen molar-refractivity contribution >= 4 is 40.1 Å². The van der Waals surface area contributed by atoms with E-state index in [0.717, 1.165) is 40.6 Å². The van der Waals surface area contributed by atoms with Gasteiger partial charge in [-0.1, -0.05) is 13.8 Å². The number of cyclic esters (lactones) is 1. The van der Waals surface area contributed by atoms with E-state index in [4.69, 9.17) is 20.2 Å². The van der Waals surface area contributed by atoms with Gasteiger partial charge in [0.1, 0.15) is 23.3 Å². The number of nitrogens with two attached hydrogens (primary N) is 1. The molecule has 0 spiro atoms. The Morgan fingerprint density at radius 3 is 2.72 bits per heavy atom. The smallest absolute Gasteiger partial charge is 0.340 e. The highest BCUT2D eigenvalue weighted by molar-refractivity contribution is 7.99. The summed E-state index contributed by atoms with van der Waals surface area (Å²) < 4.78 is 11.8. The standard InChI is InChI=1S/C27H33N5O3S/c1-6-36-17-9-16(10-17)34-25-21-13-29-23(11-19(21)20(12-30-25)15(3)28)31-22-8-7-18-24(32-22)14(2)27(4,5)35-26(18)33/h7-8,11-17H,6,9-10,28H2,1-5H3,(H,29,31,32). The molecule has 8 nitrogen and oxygen atoms in total. The molecule has 36 heavy (non-hydrogen) atoms. The van der Waals surface area contributed by atoms with Crippen molar-refractivity contribution in [2.75, 3.05) is 11.1 Å². The molecule has 3 aromatic rings. The monoisotopic (exact) mass is 507 g/mol. The van der Waals surface area contributed by atoms with Crippen LogP contribution in [-0.2, 0) is 4.74 Å². The highest BCUT2D eigenvalue weighted by Crippen LogP contribution is 2.39. The zero-order valence-electron chi connectivity index (χ0n) is 21.4. The van der Waals surface area contributed by atoms with Crippen molar-refractivity contribution in [1.29, 1.82) is 0 Å². The van der Waals surface area contributed by atoms with E-state index in [-0.39, 0.29) is 24.0 Å². The maximum atomic E-state index is 12.4. The van der Waals surface area contributed by atoms with Crippen LogP contribution in [0.3, 0.4) is 0 Å². The van der Waals surface area contributed by atoms with Crippen molar-refractivity contribution < 1.29 is 14.3 Å². The zero-order chi connectivity index (χ0) is 25.6. The highest BCUT2D eigenvalue weighted by Gasteiger charge is 2.40. The number of nitrogens with zero attached hydrogens (tertiary/aromatic N) is 3. The second kappa shape index (κ2) is 9.52. The SMILES string of the molecule is CCSC1CC(Oc2ncc(C(C)N)c3cc(Nc4ccc5c(n4)C(C)C(C)(C)OC5=O)ncc23)C1. The van der Waals surface area contributed by atoms with Gasteiger partial charge in [-0.05, 0) is 68.5 Å². The van der Waals surface area contributed by atoms with E-state index in [1.54, 1.807) is 24.5 Å².